The number of esters is 1. The van der Waals surface area contributed by atoms with Crippen molar-refractivity contribution in [3.05, 3.63) is 76.8 Å². The predicted molar refractivity (Wildman–Crippen MR) is 110 cm³/mol. The number of nitrogens with zero attached hydrogens (tertiary/aromatic N) is 2. The Morgan fingerprint density at radius 1 is 0.963 bits per heavy atom. The second kappa shape index (κ2) is 7.00. The fourth-order valence-corrected chi connectivity index (χ4v) is 4.03. The zero-order valence-electron chi connectivity index (χ0n) is 14.9. The van der Waals surface area contributed by atoms with Gasteiger partial charge in [0.2, 0.25) is 0 Å². The molecule has 0 unspecified atom stereocenters. The number of fused-ring (bicyclic) bond motifs is 1. The quantitative estimate of drug-likeness (QED) is 0.416. The van der Waals surface area contributed by atoms with Crippen LogP contribution in [0.5, 0.6) is 0 Å². The van der Waals surface area contributed by atoms with Crippen molar-refractivity contribution >= 4 is 21.9 Å². The van der Waals surface area contributed by atoms with Gasteiger partial charge >= 0.3 is 5.97 Å². The van der Waals surface area contributed by atoms with E-state index >= 15 is 0 Å². The summed E-state index contributed by atoms with van der Waals surface area (Å²) in [6, 6.07) is 21.7. The molecule has 0 N–H and O–H groups in total. The normalized spacial score (nSPS) is 10.9. The van der Waals surface area contributed by atoms with Crippen molar-refractivity contribution in [2.45, 2.75) is 0 Å². The number of carbonyl (C=O) groups excluding carboxylic acids is 1. The van der Waals surface area contributed by atoms with Gasteiger partial charge in [0.25, 0.3) is 0 Å². The molecule has 2 aromatic carbocycles. The smallest absolute Gasteiger partial charge is 0.338 e. The fourth-order valence-electron chi connectivity index (χ4n) is 3.41. The molecule has 0 amide bonds. The summed E-state index contributed by atoms with van der Waals surface area (Å²) in [6.45, 7) is 0. The van der Waals surface area contributed by atoms with Crippen molar-refractivity contribution in [2.24, 2.45) is 7.05 Å². The topological polar surface area (TPSA) is 44.1 Å². The minimum absolute atomic E-state index is 0.368. The van der Waals surface area contributed by atoms with Gasteiger partial charge in [0.05, 0.1) is 24.1 Å². The molecule has 27 heavy (non-hydrogen) atoms. The molecule has 5 heteroatoms. The molecule has 0 bridgehead atoms. The fraction of sp³-hybridized carbons (Fsp3) is 0.0909. The molecule has 1 aliphatic carbocycles. The lowest BCUT2D eigenvalue weighted by atomic mass is 9.96. The Bertz CT molecular complexity index is 1090. The predicted octanol–water partition coefficient (Wildman–Crippen LogP) is 5.41. The third-order valence-electron chi connectivity index (χ3n) is 4.58. The Kier molecular flexibility index (Phi) is 4.54. The van der Waals surface area contributed by atoms with Crippen LogP contribution < -0.4 is 0 Å². The van der Waals surface area contributed by atoms with E-state index in [1.54, 1.807) is 0 Å². The zero-order valence-corrected chi connectivity index (χ0v) is 16.5. The summed E-state index contributed by atoms with van der Waals surface area (Å²) in [5, 5.41) is 4.84. The van der Waals surface area contributed by atoms with E-state index in [0.717, 1.165) is 38.1 Å². The third-order valence-corrected chi connectivity index (χ3v) is 5.20. The second-order valence-electron chi connectivity index (χ2n) is 6.20. The summed E-state index contributed by atoms with van der Waals surface area (Å²) in [7, 11) is 3.30. The van der Waals surface area contributed by atoms with E-state index in [4.69, 9.17) is 9.84 Å². The van der Waals surface area contributed by atoms with Crippen LogP contribution in [0.25, 0.3) is 33.6 Å². The van der Waals surface area contributed by atoms with E-state index < -0.39 is 0 Å². The molecular formula is C22H17BrN2O2. The number of aromatic nitrogens is 2. The van der Waals surface area contributed by atoms with E-state index in [-0.39, 0.29) is 5.97 Å². The Balaban J connectivity index is 2.11. The van der Waals surface area contributed by atoms with Crippen LogP contribution in [0.15, 0.2) is 71.2 Å². The first-order valence-corrected chi connectivity index (χ1v) is 9.29. The van der Waals surface area contributed by atoms with Crippen molar-refractivity contribution in [3.63, 3.8) is 0 Å². The number of hydrogen-bond acceptors (Lipinski definition) is 3. The highest BCUT2D eigenvalue weighted by Gasteiger charge is 2.29. The summed E-state index contributed by atoms with van der Waals surface area (Å²) < 4.78 is 7.70. The monoisotopic (exact) mass is 420 g/mol. The number of aryl methyl sites for hydroxylation is 1. The number of rotatable bonds is 3. The van der Waals surface area contributed by atoms with Gasteiger partial charge in [-0.05, 0) is 6.07 Å². The molecule has 0 fully saturated rings. The van der Waals surface area contributed by atoms with Gasteiger partial charge < -0.3 is 4.74 Å². The molecule has 4 rings (SSSR count). The highest BCUT2D eigenvalue weighted by molar-refractivity contribution is 9.10. The summed E-state index contributed by atoms with van der Waals surface area (Å²) in [6.07, 6.45) is 0. The lowest BCUT2D eigenvalue weighted by Gasteiger charge is -2.19. The summed E-state index contributed by atoms with van der Waals surface area (Å²) >= 11 is 3.64. The van der Waals surface area contributed by atoms with Crippen molar-refractivity contribution in [1.29, 1.82) is 0 Å². The lowest BCUT2D eigenvalue weighted by molar-refractivity contribution is 0.0602. The maximum Gasteiger partial charge on any atom is 0.338 e. The zero-order chi connectivity index (χ0) is 19.0. The summed E-state index contributed by atoms with van der Waals surface area (Å²) in [5.74, 6) is -0.368. The molecule has 134 valence electrons. The molecule has 0 spiro atoms. The lowest BCUT2D eigenvalue weighted by Crippen LogP contribution is -2.10. The highest BCUT2D eigenvalue weighted by atomic mass is 79.9. The van der Waals surface area contributed by atoms with Gasteiger partial charge in [-0.3, -0.25) is 4.68 Å². The molecule has 0 aromatic heterocycles. The van der Waals surface area contributed by atoms with Gasteiger partial charge in [-0.25, -0.2) is 4.79 Å². The molecule has 0 saturated heterocycles. The molecule has 1 aliphatic heterocycles. The van der Waals surface area contributed by atoms with Gasteiger partial charge in [0.1, 0.15) is 0 Å². The van der Waals surface area contributed by atoms with E-state index in [2.05, 4.69) is 15.9 Å². The van der Waals surface area contributed by atoms with Crippen molar-refractivity contribution in [3.8, 4) is 33.6 Å². The Morgan fingerprint density at radius 3 is 2.15 bits per heavy atom. The summed E-state index contributed by atoms with van der Waals surface area (Å²) in [5.41, 5.74) is 5.91. The van der Waals surface area contributed by atoms with Crippen LogP contribution in [0.4, 0.5) is 0 Å². The molecule has 2 aromatic rings. The Morgan fingerprint density at radius 2 is 1.56 bits per heavy atom. The van der Waals surface area contributed by atoms with E-state index in [1.165, 1.54) is 7.11 Å². The highest BCUT2D eigenvalue weighted by Crippen LogP contribution is 2.46. The average molecular weight is 421 g/mol. The van der Waals surface area contributed by atoms with Gasteiger partial charge in [0.15, 0.2) is 0 Å². The largest absolute Gasteiger partial charge is 0.465 e. The van der Waals surface area contributed by atoms with Crippen LogP contribution >= 0.6 is 15.9 Å². The second-order valence-corrected chi connectivity index (χ2v) is 7.05. The van der Waals surface area contributed by atoms with Crippen LogP contribution in [0.2, 0.25) is 0 Å². The van der Waals surface area contributed by atoms with Crippen LogP contribution in [0.3, 0.4) is 0 Å². The maximum absolute atomic E-state index is 12.5. The van der Waals surface area contributed by atoms with Gasteiger partial charge in [-0.2, -0.15) is 5.10 Å². The minimum Gasteiger partial charge on any atom is -0.465 e. The van der Waals surface area contributed by atoms with E-state index in [9.17, 15) is 4.79 Å². The van der Waals surface area contributed by atoms with Gasteiger partial charge in [-0.15, -0.1) is 0 Å². The Hall–Kier alpha value is -2.92. The Labute approximate surface area is 165 Å². The van der Waals surface area contributed by atoms with E-state index in [0.29, 0.717) is 5.56 Å². The third kappa shape index (κ3) is 2.94. The van der Waals surface area contributed by atoms with Crippen LogP contribution in [0.1, 0.15) is 10.4 Å². The number of hydrogen-bond donors (Lipinski definition) is 0. The first-order valence-electron chi connectivity index (χ1n) is 8.50. The van der Waals surface area contributed by atoms with Crippen molar-refractivity contribution in [2.75, 3.05) is 7.11 Å². The summed E-state index contributed by atoms with van der Waals surface area (Å²) in [4.78, 5) is 12.5. The van der Waals surface area contributed by atoms with Crippen LogP contribution in [-0.2, 0) is 11.8 Å². The van der Waals surface area contributed by atoms with Gasteiger partial charge in [0, 0.05) is 33.8 Å². The first-order chi connectivity index (χ1) is 13.1. The van der Waals surface area contributed by atoms with Gasteiger partial charge in [-0.1, -0.05) is 76.6 Å². The molecule has 0 radical (unpaired) electrons. The van der Waals surface area contributed by atoms with Crippen LogP contribution in [-0.4, -0.2) is 22.9 Å². The molecule has 2 aliphatic rings. The minimum atomic E-state index is -0.368. The average Bonchev–Trinajstić information content (AvgIpc) is 3.05. The SMILES string of the molecule is COC(=O)c1cc(Br)c2c(-c3ccccc3)nn(C)c(-c3ccccc3)c1-2. The molecule has 1 heterocycles. The first kappa shape index (κ1) is 17.5. The number of ether oxygens (including phenoxy) is 1. The van der Waals surface area contributed by atoms with Crippen molar-refractivity contribution < 1.29 is 9.53 Å². The molecular weight excluding hydrogens is 404 g/mol. The number of benzene rings is 2. The number of methoxy groups -OCH3 is 1. The molecule has 4 nitrogen and oxygen atoms in total. The molecule has 0 saturated carbocycles. The van der Waals surface area contributed by atoms with Crippen molar-refractivity contribution in [1.82, 2.24) is 9.78 Å². The molecule has 0 atom stereocenters. The number of carbonyl (C=O) groups is 1. The van der Waals surface area contributed by atoms with Crippen LogP contribution in [0, 0.1) is 0 Å². The number of halogens is 1. The maximum atomic E-state index is 12.5. The standard InChI is InChI=1S/C22H17BrN2O2/c1-25-21(15-11-7-4-8-12-15)18-16(22(26)27-2)13-17(23)19(18)20(24-25)14-9-5-3-6-10-14/h3-13H,1-2H3. The van der Waals surface area contributed by atoms with E-state index in [1.807, 2.05) is 78.5 Å².